The second-order valence-corrected chi connectivity index (χ2v) is 7.40. The highest BCUT2D eigenvalue weighted by Gasteiger charge is 2.30. The number of hydrogen-bond donors (Lipinski definition) is 2. The van der Waals surface area contributed by atoms with Crippen LogP contribution in [0, 0.1) is 6.92 Å². The number of aromatic nitrogens is 3. The van der Waals surface area contributed by atoms with Gasteiger partial charge in [-0.2, -0.15) is 13.2 Å². The maximum Gasteiger partial charge on any atom is 0.416 e. The summed E-state index contributed by atoms with van der Waals surface area (Å²) in [6.07, 6.45) is -2.86. The molecule has 0 amide bonds. The molecule has 10 heteroatoms. The van der Waals surface area contributed by atoms with Gasteiger partial charge in [-0.25, -0.2) is 4.99 Å². The molecule has 172 valence electrons. The molecule has 1 aromatic heterocycles. The number of rotatable bonds is 10. The van der Waals surface area contributed by atoms with Gasteiger partial charge in [0.15, 0.2) is 11.8 Å². The van der Waals surface area contributed by atoms with Gasteiger partial charge in [0.05, 0.1) is 5.56 Å². The summed E-state index contributed by atoms with van der Waals surface area (Å²) in [4.78, 5) is 4.56. The third-order valence-electron chi connectivity index (χ3n) is 5.03. The van der Waals surface area contributed by atoms with Gasteiger partial charge in [-0.1, -0.05) is 25.1 Å². The number of alkyl halides is 3. The van der Waals surface area contributed by atoms with Crippen molar-refractivity contribution in [3.8, 4) is 0 Å². The Hall–Kier alpha value is -2.62. The van der Waals surface area contributed by atoms with E-state index < -0.39 is 11.7 Å². The molecule has 0 saturated heterocycles. The van der Waals surface area contributed by atoms with Gasteiger partial charge in [0.1, 0.15) is 12.4 Å². The standard InChI is InChI=1S/C21H31F3N6O/c1-15(17-7-5-8-18(13-17)21(22,23)24)9-11-26-20(25-10-6-12-31-4)27-14-19-29-28-16(2)30(19)3/h5,7-8,13,15H,6,9-12,14H2,1-4H3,(H2,25,26,27). The molecule has 1 heterocycles. The molecule has 1 aromatic carbocycles. The zero-order valence-electron chi connectivity index (χ0n) is 18.5. The van der Waals surface area contributed by atoms with Crippen LogP contribution in [0.4, 0.5) is 13.2 Å². The minimum Gasteiger partial charge on any atom is -0.385 e. The summed E-state index contributed by atoms with van der Waals surface area (Å²) in [7, 11) is 3.54. The second kappa shape index (κ2) is 11.7. The molecule has 2 rings (SSSR count). The number of aryl methyl sites for hydroxylation is 1. The van der Waals surface area contributed by atoms with Crippen molar-refractivity contribution in [2.45, 2.75) is 45.3 Å². The predicted molar refractivity (Wildman–Crippen MR) is 114 cm³/mol. The van der Waals surface area contributed by atoms with Crippen molar-refractivity contribution in [2.24, 2.45) is 12.0 Å². The van der Waals surface area contributed by atoms with Crippen LogP contribution >= 0.6 is 0 Å². The van der Waals surface area contributed by atoms with Gasteiger partial charge >= 0.3 is 6.18 Å². The quantitative estimate of drug-likeness (QED) is 0.336. The van der Waals surface area contributed by atoms with E-state index in [0.29, 0.717) is 44.2 Å². The van der Waals surface area contributed by atoms with E-state index in [1.54, 1.807) is 13.2 Å². The van der Waals surface area contributed by atoms with E-state index in [1.165, 1.54) is 12.1 Å². The highest BCUT2D eigenvalue weighted by Crippen LogP contribution is 2.31. The molecule has 0 spiro atoms. The fraction of sp³-hybridized carbons (Fsp3) is 0.571. The fourth-order valence-electron chi connectivity index (χ4n) is 2.93. The first-order chi connectivity index (χ1) is 14.7. The van der Waals surface area contributed by atoms with Crippen LogP contribution in [0.5, 0.6) is 0 Å². The van der Waals surface area contributed by atoms with Gasteiger partial charge in [0.25, 0.3) is 0 Å². The first-order valence-electron chi connectivity index (χ1n) is 10.3. The Morgan fingerprint density at radius 1 is 1.23 bits per heavy atom. The lowest BCUT2D eigenvalue weighted by Crippen LogP contribution is -2.39. The summed E-state index contributed by atoms with van der Waals surface area (Å²) in [5, 5.41) is 14.6. The number of methoxy groups -OCH3 is 1. The molecule has 0 aliphatic rings. The van der Waals surface area contributed by atoms with Gasteiger partial charge in [0, 0.05) is 33.9 Å². The fourth-order valence-corrected chi connectivity index (χ4v) is 2.93. The monoisotopic (exact) mass is 440 g/mol. The Bertz CT molecular complexity index is 850. The summed E-state index contributed by atoms with van der Waals surface area (Å²) >= 11 is 0. The average Bonchev–Trinajstić information content (AvgIpc) is 3.06. The second-order valence-electron chi connectivity index (χ2n) is 7.40. The summed E-state index contributed by atoms with van der Waals surface area (Å²) in [6.45, 7) is 6.03. The number of benzene rings is 1. The molecule has 0 saturated carbocycles. The third-order valence-corrected chi connectivity index (χ3v) is 5.03. The van der Waals surface area contributed by atoms with Gasteiger partial charge < -0.3 is 19.9 Å². The molecule has 2 aromatic rings. The Kier molecular flexibility index (Phi) is 9.29. The van der Waals surface area contributed by atoms with Gasteiger partial charge in [-0.15, -0.1) is 10.2 Å². The molecular weight excluding hydrogens is 409 g/mol. The van der Waals surface area contributed by atoms with E-state index in [4.69, 9.17) is 4.74 Å². The average molecular weight is 441 g/mol. The minimum atomic E-state index is -4.34. The van der Waals surface area contributed by atoms with E-state index in [9.17, 15) is 13.2 Å². The van der Waals surface area contributed by atoms with Gasteiger partial charge in [-0.05, 0) is 37.3 Å². The molecule has 1 atom stereocenters. The molecule has 0 aliphatic heterocycles. The Morgan fingerprint density at radius 2 is 1.97 bits per heavy atom. The van der Waals surface area contributed by atoms with E-state index in [0.717, 1.165) is 24.1 Å². The lowest BCUT2D eigenvalue weighted by Gasteiger charge is -2.17. The summed E-state index contributed by atoms with van der Waals surface area (Å²) < 4.78 is 45.8. The van der Waals surface area contributed by atoms with Crippen LogP contribution in [0.2, 0.25) is 0 Å². The molecule has 7 nitrogen and oxygen atoms in total. The molecule has 0 fully saturated rings. The van der Waals surface area contributed by atoms with Crippen molar-refractivity contribution >= 4 is 5.96 Å². The Morgan fingerprint density at radius 3 is 2.61 bits per heavy atom. The number of guanidine groups is 1. The first kappa shape index (κ1) is 24.6. The lowest BCUT2D eigenvalue weighted by molar-refractivity contribution is -0.137. The summed E-state index contributed by atoms with van der Waals surface area (Å²) in [5.74, 6) is 2.13. The smallest absolute Gasteiger partial charge is 0.385 e. The van der Waals surface area contributed by atoms with Gasteiger partial charge in [0.2, 0.25) is 0 Å². The molecule has 0 bridgehead atoms. The van der Waals surface area contributed by atoms with E-state index in [2.05, 4.69) is 25.8 Å². The zero-order chi connectivity index (χ0) is 22.9. The molecule has 31 heavy (non-hydrogen) atoms. The number of halogens is 3. The molecule has 1 unspecified atom stereocenters. The maximum absolute atomic E-state index is 13.0. The topological polar surface area (TPSA) is 76.4 Å². The number of nitrogens with one attached hydrogen (secondary N) is 2. The molecular formula is C21H31F3N6O. The number of hydrogen-bond acceptors (Lipinski definition) is 4. The molecule has 2 N–H and O–H groups in total. The Labute approximate surface area is 181 Å². The van der Waals surface area contributed by atoms with Crippen LogP contribution < -0.4 is 10.6 Å². The number of ether oxygens (including phenoxy) is 1. The van der Waals surface area contributed by atoms with Crippen molar-refractivity contribution in [2.75, 3.05) is 26.8 Å². The summed E-state index contributed by atoms with van der Waals surface area (Å²) in [6, 6.07) is 5.50. The van der Waals surface area contributed by atoms with E-state index in [1.807, 2.05) is 25.5 Å². The third kappa shape index (κ3) is 7.86. The maximum atomic E-state index is 13.0. The summed E-state index contributed by atoms with van der Waals surface area (Å²) in [5.41, 5.74) is 0.0450. The van der Waals surface area contributed by atoms with E-state index in [-0.39, 0.29) is 5.92 Å². The van der Waals surface area contributed by atoms with Crippen molar-refractivity contribution in [1.82, 2.24) is 25.4 Å². The highest BCUT2D eigenvalue weighted by molar-refractivity contribution is 5.79. The van der Waals surface area contributed by atoms with Crippen LogP contribution in [0.25, 0.3) is 0 Å². The molecule has 0 radical (unpaired) electrons. The lowest BCUT2D eigenvalue weighted by atomic mass is 9.96. The molecule has 0 aliphatic carbocycles. The number of nitrogens with zero attached hydrogens (tertiary/aromatic N) is 4. The first-order valence-corrected chi connectivity index (χ1v) is 10.3. The largest absolute Gasteiger partial charge is 0.416 e. The number of aliphatic imine (C=N–C) groups is 1. The predicted octanol–water partition coefficient (Wildman–Crippen LogP) is 3.41. The van der Waals surface area contributed by atoms with E-state index >= 15 is 0 Å². The van der Waals surface area contributed by atoms with Crippen LogP contribution in [0.15, 0.2) is 29.3 Å². The highest BCUT2D eigenvalue weighted by atomic mass is 19.4. The zero-order valence-corrected chi connectivity index (χ0v) is 18.5. The van der Waals surface area contributed by atoms with Gasteiger partial charge in [-0.3, -0.25) is 0 Å². The van der Waals surface area contributed by atoms with Crippen LogP contribution in [-0.4, -0.2) is 47.5 Å². The van der Waals surface area contributed by atoms with Crippen LogP contribution in [-0.2, 0) is 24.5 Å². The normalized spacial score (nSPS) is 13.3. The van der Waals surface area contributed by atoms with Crippen molar-refractivity contribution < 1.29 is 17.9 Å². The van der Waals surface area contributed by atoms with Crippen molar-refractivity contribution in [3.63, 3.8) is 0 Å². The minimum absolute atomic E-state index is 0.0362. The van der Waals surface area contributed by atoms with Crippen molar-refractivity contribution in [1.29, 1.82) is 0 Å². The van der Waals surface area contributed by atoms with Crippen LogP contribution in [0.3, 0.4) is 0 Å². The van der Waals surface area contributed by atoms with Crippen LogP contribution in [0.1, 0.15) is 48.5 Å². The van der Waals surface area contributed by atoms with Crippen molar-refractivity contribution in [3.05, 3.63) is 47.0 Å². The Balaban J connectivity index is 1.95. The SMILES string of the molecule is COCCCNC(=NCc1nnc(C)n1C)NCCC(C)c1cccc(C(F)(F)F)c1.